The molecule has 0 radical (unpaired) electrons. The molecule has 0 aliphatic carbocycles. The van der Waals surface area contributed by atoms with Crippen LogP contribution in [0.3, 0.4) is 0 Å². The second-order valence-corrected chi connectivity index (χ2v) is 10.7. The van der Waals surface area contributed by atoms with Gasteiger partial charge >= 0.3 is 0 Å². The minimum absolute atomic E-state index is 0.0417. The lowest BCUT2D eigenvalue weighted by Gasteiger charge is -2.39. The molecule has 0 saturated carbocycles. The summed E-state index contributed by atoms with van der Waals surface area (Å²) in [5, 5.41) is 1.91. The van der Waals surface area contributed by atoms with Crippen molar-refractivity contribution in [1.29, 1.82) is 0 Å². The van der Waals surface area contributed by atoms with Crippen molar-refractivity contribution in [2.45, 2.75) is 49.8 Å². The molecule has 170 valence electrons. The highest BCUT2D eigenvalue weighted by Gasteiger charge is 2.29. The highest BCUT2D eigenvalue weighted by atomic mass is 35.5. The minimum atomic E-state index is -3.76. The lowest BCUT2D eigenvalue weighted by molar-refractivity contribution is 0.0492. The van der Waals surface area contributed by atoms with Gasteiger partial charge in [0.05, 0.1) is 15.4 Å². The summed E-state index contributed by atoms with van der Waals surface area (Å²) in [6.07, 6.45) is 2.89. The van der Waals surface area contributed by atoms with Crippen molar-refractivity contribution in [1.82, 2.24) is 9.88 Å². The molecule has 0 amide bonds. The Morgan fingerprint density at radius 3 is 2.75 bits per heavy atom. The van der Waals surface area contributed by atoms with Gasteiger partial charge in [-0.1, -0.05) is 48.9 Å². The lowest BCUT2D eigenvalue weighted by atomic mass is 9.96. The largest absolute Gasteiger partial charge is 0.489 e. The van der Waals surface area contributed by atoms with Gasteiger partial charge in [0.1, 0.15) is 11.9 Å². The van der Waals surface area contributed by atoms with Crippen LogP contribution in [0.1, 0.15) is 31.7 Å². The molecule has 2 aromatic carbocycles. The molecule has 1 aromatic heterocycles. The van der Waals surface area contributed by atoms with Crippen molar-refractivity contribution in [3.05, 3.63) is 70.0 Å². The Morgan fingerprint density at radius 1 is 1.25 bits per heavy atom. The van der Waals surface area contributed by atoms with E-state index in [1.165, 1.54) is 29.0 Å². The number of thiazole rings is 1. The number of anilines is 1. The molecule has 2 heterocycles. The molecule has 32 heavy (non-hydrogen) atoms. The zero-order chi connectivity index (χ0) is 22.6. The maximum absolute atomic E-state index is 12.6. The summed E-state index contributed by atoms with van der Waals surface area (Å²) in [5.41, 5.74) is 2.88. The fourth-order valence-electron chi connectivity index (χ4n) is 4.00. The van der Waals surface area contributed by atoms with Crippen molar-refractivity contribution in [3.8, 4) is 5.75 Å². The molecule has 6 nitrogen and oxygen atoms in total. The van der Waals surface area contributed by atoms with E-state index in [0.29, 0.717) is 17.6 Å². The van der Waals surface area contributed by atoms with Crippen LogP contribution in [0.2, 0.25) is 5.02 Å². The van der Waals surface area contributed by atoms with Crippen molar-refractivity contribution in [2.75, 3.05) is 11.3 Å². The smallest absolute Gasteiger partial charge is 0.263 e. The third-order valence-electron chi connectivity index (χ3n) is 5.67. The van der Waals surface area contributed by atoms with Gasteiger partial charge in [-0.3, -0.25) is 9.62 Å². The Kier molecular flexibility index (Phi) is 7.35. The summed E-state index contributed by atoms with van der Waals surface area (Å²) < 4.78 is 33.8. The van der Waals surface area contributed by atoms with Gasteiger partial charge in [0.25, 0.3) is 10.0 Å². The normalized spacial score (nSPS) is 19.6. The average molecular weight is 492 g/mol. The third kappa shape index (κ3) is 5.61. The Bertz CT molecular complexity index is 1120. The fraction of sp³-hybridized carbons (Fsp3) is 0.348. The maximum atomic E-state index is 12.6. The van der Waals surface area contributed by atoms with E-state index in [9.17, 15) is 8.42 Å². The molecule has 0 unspecified atom stereocenters. The van der Waals surface area contributed by atoms with E-state index in [1.54, 1.807) is 17.0 Å². The number of likely N-dealkylation sites (tertiary alicyclic amines) is 1. The van der Waals surface area contributed by atoms with Crippen molar-refractivity contribution < 1.29 is 13.2 Å². The predicted octanol–water partition coefficient (Wildman–Crippen LogP) is 5.42. The number of nitrogens with one attached hydrogen (secondary N) is 1. The number of rotatable bonds is 8. The molecule has 1 fully saturated rings. The van der Waals surface area contributed by atoms with Crippen LogP contribution in [-0.4, -0.2) is 37.0 Å². The standard InChI is InChI=1S/C23H26ClN3O3S2/c1-2-18-12-19(10-11-27(18)14-17-6-4-3-5-7-17)30-22-9-8-20(13-21(22)24)32(28,29)26-23-15-31-16-25-23/h3-9,13,15-16,18-19,26H,2,10-12,14H2,1H3/t18-,19+/m0/s1. The number of ether oxygens (including phenoxy) is 1. The first kappa shape index (κ1) is 23.0. The number of nitrogens with zero attached hydrogens (tertiary/aromatic N) is 2. The van der Waals surface area contributed by atoms with Gasteiger partial charge in [0.2, 0.25) is 0 Å². The summed E-state index contributed by atoms with van der Waals surface area (Å²) in [5.74, 6) is 0.801. The molecule has 1 N–H and O–H groups in total. The van der Waals surface area contributed by atoms with Crippen LogP contribution in [-0.2, 0) is 16.6 Å². The molecule has 1 saturated heterocycles. The molecule has 9 heteroatoms. The van der Waals surface area contributed by atoms with E-state index in [1.807, 2.05) is 6.07 Å². The summed E-state index contributed by atoms with van der Waals surface area (Å²) in [6, 6.07) is 15.5. The number of hydrogen-bond acceptors (Lipinski definition) is 6. The minimum Gasteiger partial charge on any atom is -0.489 e. The number of hydrogen-bond donors (Lipinski definition) is 1. The molecule has 0 spiro atoms. The van der Waals surface area contributed by atoms with E-state index in [0.717, 1.165) is 32.4 Å². The molecule has 4 rings (SSSR count). The number of piperidine rings is 1. The second-order valence-electron chi connectivity index (χ2n) is 7.85. The fourth-order valence-corrected chi connectivity index (χ4v) is 5.88. The third-order valence-corrected chi connectivity index (χ3v) is 7.90. The summed E-state index contributed by atoms with van der Waals surface area (Å²) in [4.78, 5) is 6.54. The maximum Gasteiger partial charge on any atom is 0.263 e. The molecular formula is C23H26ClN3O3S2. The number of aromatic nitrogens is 1. The Morgan fingerprint density at radius 2 is 2.06 bits per heavy atom. The zero-order valence-electron chi connectivity index (χ0n) is 17.8. The molecule has 3 aromatic rings. The molecule has 2 atom stereocenters. The van der Waals surface area contributed by atoms with Crippen LogP contribution in [0.25, 0.3) is 0 Å². The van der Waals surface area contributed by atoms with Gasteiger partial charge in [0.15, 0.2) is 5.82 Å². The quantitative estimate of drug-likeness (QED) is 0.455. The van der Waals surface area contributed by atoms with E-state index < -0.39 is 10.0 Å². The molecule has 1 aliphatic heterocycles. The van der Waals surface area contributed by atoms with Crippen LogP contribution in [0.4, 0.5) is 5.82 Å². The van der Waals surface area contributed by atoms with Crippen LogP contribution in [0, 0.1) is 0 Å². The first-order chi connectivity index (χ1) is 15.4. The highest BCUT2D eigenvalue weighted by Crippen LogP contribution is 2.32. The molecular weight excluding hydrogens is 466 g/mol. The highest BCUT2D eigenvalue weighted by molar-refractivity contribution is 7.92. The lowest BCUT2D eigenvalue weighted by Crippen LogP contribution is -2.45. The number of benzene rings is 2. The van der Waals surface area contributed by atoms with Gasteiger partial charge in [-0.2, -0.15) is 0 Å². The van der Waals surface area contributed by atoms with E-state index in [4.69, 9.17) is 16.3 Å². The van der Waals surface area contributed by atoms with Crippen LogP contribution in [0.5, 0.6) is 5.75 Å². The van der Waals surface area contributed by atoms with Gasteiger partial charge < -0.3 is 4.74 Å². The van der Waals surface area contributed by atoms with Crippen molar-refractivity contribution in [2.24, 2.45) is 0 Å². The number of sulfonamides is 1. The van der Waals surface area contributed by atoms with Gasteiger partial charge in [-0.05, 0) is 43.0 Å². The second kappa shape index (κ2) is 10.2. The van der Waals surface area contributed by atoms with E-state index in [2.05, 4.69) is 45.8 Å². The first-order valence-corrected chi connectivity index (χ1v) is 13.4. The predicted molar refractivity (Wildman–Crippen MR) is 129 cm³/mol. The van der Waals surface area contributed by atoms with Crippen LogP contribution < -0.4 is 9.46 Å². The Hall–Kier alpha value is -2.13. The zero-order valence-corrected chi connectivity index (χ0v) is 20.2. The van der Waals surface area contributed by atoms with Gasteiger partial charge in [-0.25, -0.2) is 13.4 Å². The molecule has 0 bridgehead atoms. The average Bonchev–Trinajstić information content (AvgIpc) is 3.29. The SMILES string of the molecule is CC[C@H]1C[C@H](Oc2ccc(S(=O)(=O)Nc3cscn3)cc2Cl)CCN1Cc1ccccc1. The molecule has 1 aliphatic rings. The van der Waals surface area contributed by atoms with E-state index in [-0.39, 0.29) is 16.0 Å². The first-order valence-electron chi connectivity index (χ1n) is 10.6. The van der Waals surface area contributed by atoms with E-state index >= 15 is 0 Å². The van der Waals surface area contributed by atoms with Crippen molar-refractivity contribution >= 4 is 38.8 Å². The van der Waals surface area contributed by atoms with Crippen molar-refractivity contribution in [3.63, 3.8) is 0 Å². The summed E-state index contributed by atoms with van der Waals surface area (Å²) >= 11 is 7.72. The van der Waals surface area contributed by atoms with Crippen LogP contribution >= 0.6 is 22.9 Å². The van der Waals surface area contributed by atoms with Gasteiger partial charge in [-0.15, -0.1) is 11.3 Å². The monoisotopic (exact) mass is 491 g/mol. The van der Waals surface area contributed by atoms with Gasteiger partial charge in [0, 0.05) is 24.5 Å². The number of halogens is 1. The Balaban J connectivity index is 1.40. The summed E-state index contributed by atoms with van der Waals surface area (Å²) in [7, 11) is -3.76. The summed E-state index contributed by atoms with van der Waals surface area (Å²) in [6.45, 7) is 4.08. The topological polar surface area (TPSA) is 71.5 Å². The Labute approximate surface area is 198 Å². The van der Waals surface area contributed by atoms with Crippen LogP contribution in [0.15, 0.2) is 64.3 Å².